The molecule has 1 aliphatic rings. The van der Waals surface area contributed by atoms with Crippen LogP contribution in [0.25, 0.3) is 0 Å². The lowest BCUT2D eigenvalue weighted by Crippen LogP contribution is -2.44. The van der Waals surface area contributed by atoms with Gasteiger partial charge in [0.2, 0.25) is 0 Å². The number of pyridine rings is 1. The Labute approximate surface area is 121 Å². The lowest BCUT2D eigenvalue weighted by molar-refractivity contribution is 0.154. The highest BCUT2D eigenvalue weighted by Gasteiger charge is 2.33. The third-order valence-electron chi connectivity index (χ3n) is 3.42. The van der Waals surface area contributed by atoms with Gasteiger partial charge in [-0.05, 0) is 6.42 Å². The van der Waals surface area contributed by atoms with Crippen LogP contribution < -0.4 is 10.1 Å². The minimum absolute atomic E-state index is 0.0547. The van der Waals surface area contributed by atoms with Crippen molar-refractivity contribution in [3.05, 3.63) is 23.8 Å². The summed E-state index contributed by atoms with van der Waals surface area (Å²) in [6, 6.07) is 0.483. The van der Waals surface area contributed by atoms with Gasteiger partial charge in [-0.2, -0.15) is 0 Å². The van der Waals surface area contributed by atoms with Gasteiger partial charge >= 0.3 is 6.03 Å². The molecule has 1 fully saturated rings. The van der Waals surface area contributed by atoms with Gasteiger partial charge in [-0.25, -0.2) is 9.18 Å². The smallest absolute Gasteiger partial charge is 0.318 e. The second-order valence-corrected chi connectivity index (χ2v) is 4.81. The minimum atomic E-state index is -0.653. The van der Waals surface area contributed by atoms with E-state index in [0.29, 0.717) is 6.42 Å². The molecule has 2 heterocycles. The molecular formula is C13H18FN3O4. The first-order chi connectivity index (χ1) is 10.1. The van der Waals surface area contributed by atoms with Crippen LogP contribution in [-0.4, -0.2) is 58.5 Å². The van der Waals surface area contributed by atoms with Crippen molar-refractivity contribution in [3.63, 3.8) is 0 Å². The number of urea groups is 1. The van der Waals surface area contributed by atoms with Crippen LogP contribution in [0, 0.1) is 5.82 Å². The van der Waals surface area contributed by atoms with E-state index in [4.69, 9.17) is 4.74 Å². The number of aliphatic hydroxyl groups excluding tert-OH is 2. The van der Waals surface area contributed by atoms with E-state index in [1.54, 1.807) is 0 Å². The quantitative estimate of drug-likeness (QED) is 0.720. The van der Waals surface area contributed by atoms with Crippen molar-refractivity contribution in [2.75, 3.05) is 20.3 Å². The number of carbonyl (C=O) groups is 1. The van der Waals surface area contributed by atoms with Gasteiger partial charge in [0.25, 0.3) is 0 Å². The Balaban J connectivity index is 1.98. The molecule has 0 aromatic carbocycles. The number of nitrogens with one attached hydrogen (secondary N) is 1. The Bertz CT molecular complexity index is 514. The van der Waals surface area contributed by atoms with Gasteiger partial charge in [0.15, 0.2) is 11.6 Å². The molecule has 2 unspecified atom stereocenters. The van der Waals surface area contributed by atoms with Crippen molar-refractivity contribution in [3.8, 4) is 5.75 Å². The van der Waals surface area contributed by atoms with E-state index in [-0.39, 0.29) is 31.1 Å². The Hall–Kier alpha value is -1.93. The van der Waals surface area contributed by atoms with Crippen molar-refractivity contribution in [1.29, 1.82) is 0 Å². The van der Waals surface area contributed by atoms with Gasteiger partial charge in [0.05, 0.1) is 38.1 Å². The first-order valence-electron chi connectivity index (χ1n) is 6.57. The van der Waals surface area contributed by atoms with Crippen molar-refractivity contribution < 1.29 is 24.1 Å². The Morgan fingerprint density at radius 3 is 3.10 bits per heavy atom. The normalized spacial score (nSPS) is 21.4. The maximum Gasteiger partial charge on any atom is 0.318 e. The Kier molecular flexibility index (Phi) is 4.92. The topological polar surface area (TPSA) is 94.9 Å². The second-order valence-electron chi connectivity index (χ2n) is 4.81. The summed E-state index contributed by atoms with van der Waals surface area (Å²) in [5.41, 5.74) is 0.0583. The Morgan fingerprint density at radius 2 is 2.43 bits per heavy atom. The van der Waals surface area contributed by atoms with Crippen LogP contribution in [0.3, 0.4) is 0 Å². The molecule has 1 aliphatic heterocycles. The van der Waals surface area contributed by atoms with Gasteiger partial charge in [-0.15, -0.1) is 0 Å². The zero-order valence-corrected chi connectivity index (χ0v) is 11.6. The van der Waals surface area contributed by atoms with Crippen molar-refractivity contribution in [2.24, 2.45) is 0 Å². The molecule has 0 spiro atoms. The number of halogens is 1. The van der Waals surface area contributed by atoms with E-state index in [0.717, 1.165) is 0 Å². The summed E-state index contributed by atoms with van der Waals surface area (Å²) in [5.74, 6) is -0.570. The predicted molar refractivity (Wildman–Crippen MR) is 71.2 cm³/mol. The SMILES string of the molecule is COc1ccnc(CNC(=O)N2CC(O)CC2CO)c1F. The monoisotopic (exact) mass is 299 g/mol. The Morgan fingerprint density at radius 1 is 1.67 bits per heavy atom. The number of carbonyl (C=O) groups excluding carboxylic acids is 1. The molecule has 1 saturated heterocycles. The summed E-state index contributed by atoms with van der Waals surface area (Å²) in [7, 11) is 1.35. The largest absolute Gasteiger partial charge is 0.494 e. The number of nitrogens with zero attached hydrogens (tertiary/aromatic N) is 2. The van der Waals surface area contributed by atoms with Crippen LogP contribution >= 0.6 is 0 Å². The molecule has 7 nitrogen and oxygen atoms in total. The molecule has 1 aromatic heterocycles. The van der Waals surface area contributed by atoms with Crippen LogP contribution in [0.4, 0.5) is 9.18 Å². The average Bonchev–Trinajstić information content (AvgIpc) is 2.87. The highest BCUT2D eigenvalue weighted by Crippen LogP contribution is 2.19. The van der Waals surface area contributed by atoms with E-state index in [1.807, 2.05) is 0 Å². The number of β-amino-alcohol motifs (C(OH)–C–C–N with tert-alkyl or cyclic N) is 1. The molecule has 3 N–H and O–H groups in total. The first kappa shape index (κ1) is 15.5. The number of aliphatic hydroxyl groups is 2. The number of rotatable bonds is 4. The lowest BCUT2D eigenvalue weighted by atomic mass is 10.2. The van der Waals surface area contributed by atoms with E-state index in [2.05, 4.69) is 10.3 Å². The third kappa shape index (κ3) is 3.40. The number of hydrogen-bond acceptors (Lipinski definition) is 5. The maximum absolute atomic E-state index is 13.9. The van der Waals surface area contributed by atoms with Crippen LogP contribution in [0.15, 0.2) is 12.3 Å². The predicted octanol–water partition coefficient (Wildman–Crippen LogP) is -0.134. The molecule has 0 radical (unpaired) electrons. The standard InChI is InChI=1S/C13H18FN3O4/c1-21-11-2-3-15-10(12(11)14)5-16-13(20)17-6-9(19)4-8(17)7-18/h2-3,8-9,18-19H,4-7H2,1H3,(H,16,20). The minimum Gasteiger partial charge on any atom is -0.494 e. The molecule has 116 valence electrons. The summed E-state index contributed by atoms with van der Waals surface area (Å²) in [5, 5.41) is 21.2. The zero-order chi connectivity index (χ0) is 15.4. The highest BCUT2D eigenvalue weighted by molar-refractivity contribution is 5.75. The average molecular weight is 299 g/mol. The summed E-state index contributed by atoms with van der Waals surface area (Å²) in [4.78, 5) is 17.2. The fourth-order valence-electron chi connectivity index (χ4n) is 2.32. The highest BCUT2D eigenvalue weighted by atomic mass is 19.1. The molecule has 1 aromatic rings. The zero-order valence-electron chi connectivity index (χ0n) is 11.6. The van der Waals surface area contributed by atoms with E-state index in [9.17, 15) is 19.4 Å². The van der Waals surface area contributed by atoms with Gasteiger partial charge in [-0.3, -0.25) is 4.98 Å². The molecular weight excluding hydrogens is 281 g/mol. The summed E-state index contributed by atoms with van der Waals surface area (Å²) < 4.78 is 18.7. The molecule has 2 amide bonds. The van der Waals surface area contributed by atoms with Gasteiger partial charge < -0.3 is 25.2 Å². The van der Waals surface area contributed by atoms with Crippen LogP contribution in [0.1, 0.15) is 12.1 Å². The second kappa shape index (κ2) is 6.68. The van der Waals surface area contributed by atoms with Crippen LogP contribution in [0.5, 0.6) is 5.75 Å². The number of aromatic nitrogens is 1. The third-order valence-corrected chi connectivity index (χ3v) is 3.42. The van der Waals surface area contributed by atoms with Crippen molar-refractivity contribution in [1.82, 2.24) is 15.2 Å². The molecule has 0 aliphatic carbocycles. The first-order valence-corrected chi connectivity index (χ1v) is 6.57. The lowest BCUT2D eigenvalue weighted by Gasteiger charge is -2.23. The summed E-state index contributed by atoms with van der Waals surface area (Å²) in [6.45, 7) is -0.187. The number of amides is 2. The van der Waals surface area contributed by atoms with Crippen molar-refractivity contribution >= 4 is 6.03 Å². The molecule has 8 heteroatoms. The molecule has 2 atom stereocenters. The molecule has 2 rings (SSSR count). The number of ether oxygens (including phenoxy) is 1. The van der Waals surface area contributed by atoms with E-state index in [1.165, 1.54) is 24.3 Å². The van der Waals surface area contributed by atoms with Gasteiger partial charge in [-0.1, -0.05) is 0 Å². The molecule has 21 heavy (non-hydrogen) atoms. The van der Waals surface area contributed by atoms with E-state index >= 15 is 0 Å². The van der Waals surface area contributed by atoms with E-state index < -0.39 is 24.0 Å². The summed E-state index contributed by atoms with van der Waals surface area (Å²) >= 11 is 0. The molecule has 0 bridgehead atoms. The fraction of sp³-hybridized carbons (Fsp3) is 0.538. The van der Waals surface area contributed by atoms with Gasteiger partial charge in [0.1, 0.15) is 0 Å². The number of likely N-dealkylation sites (tertiary alicyclic amines) is 1. The van der Waals surface area contributed by atoms with Crippen LogP contribution in [-0.2, 0) is 6.54 Å². The molecule has 0 saturated carbocycles. The summed E-state index contributed by atoms with van der Waals surface area (Å²) in [6.07, 6.45) is 1.06. The van der Waals surface area contributed by atoms with Crippen LogP contribution in [0.2, 0.25) is 0 Å². The van der Waals surface area contributed by atoms with Crippen molar-refractivity contribution in [2.45, 2.75) is 25.1 Å². The van der Waals surface area contributed by atoms with Gasteiger partial charge in [0, 0.05) is 18.8 Å². The number of methoxy groups -OCH3 is 1. The fourth-order valence-corrected chi connectivity index (χ4v) is 2.32. The number of hydrogen-bond donors (Lipinski definition) is 3. The maximum atomic E-state index is 13.9.